The quantitative estimate of drug-likeness (QED) is 0.922. The summed E-state index contributed by atoms with van der Waals surface area (Å²) in [6.45, 7) is 4.23. The molecule has 0 spiro atoms. The summed E-state index contributed by atoms with van der Waals surface area (Å²) in [5.74, 6) is 2.29. The molecule has 1 N–H and O–H groups in total. The van der Waals surface area contributed by atoms with E-state index in [9.17, 15) is 5.11 Å². The molecule has 1 aromatic carbocycles. The van der Waals surface area contributed by atoms with Crippen LogP contribution in [0.3, 0.4) is 0 Å². The van der Waals surface area contributed by atoms with Gasteiger partial charge in [-0.05, 0) is 31.7 Å². The molecule has 1 aromatic rings. The molecule has 1 unspecified atom stereocenters. The molecule has 4 heteroatoms. The lowest BCUT2D eigenvalue weighted by molar-refractivity contribution is -0.198. The molecular weight excluding hydrogens is 292 g/mol. The van der Waals surface area contributed by atoms with E-state index in [-0.39, 0.29) is 18.1 Å². The van der Waals surface area contributed by atoms with Crippen molar-refractivity contribution in [1.82, 2.24) is 0 Å². The highest BCUT2D eigenvalue weighted by Crippen LogP contribution is 2.50. The van der Waals surface area contributed by atoms with Crippen molar-refractivity contribution >= 4 is 0 Å². The highest BCUT2D eigenvalue weighted by molar-refractivity contribution is 5.48. The van der Waals surface area contributed by atoms with Gasteiger partial charge in [0.1, 0.15) is 0 Å². The summed E-state index contributed by atoms with van der Waals surface area (Å²) in [6.07, 6.45) is 3.77. The monoisotopic (exact) mass is 320 g/mol. The Labute approximate surface area is 138 Å². The fraction of sp³-hybridized carbons (Fsp3) is 0.684. The van der Waals surface area contributed by atoms with Crippen LogP contribution in [-0.2, 0) is 4.74 Å². The van der Waals surface area contributed by atoms with E-state index >= 15 is 0 Å². The topological polar surface area (TPSA) is 47.9 Å². The smallest absolute Gasteiger partial charge is 0.166 e. The van der Waals surface area contributed by atoms with Crippen molar-refractivity contribution in [2.75, 3.05) is 14.2 Å². The molecule has 0 bridgehead atoms. The van der Waals surface area contributed by atoms with Crippen molar-refractivity contribution in [3.8, 4) is 11.5 Å². The van der Waals surface area contributed by atoms with Gasteiger partial charge in [0, 0.05) is 17.9 Å². The molecule has 1 aliphatic carbocycles. The lowest BCUT2D eigenvalue weighted by Crippen LogP contribution is -2.51. The van der Waals surface area contributed by atoms with E-state index < -0.39 is 5.60 Å². The number of hydrogen-bond donors (Lipinski definition) is 1. The normalized spacial score (nSPS) is 37.1. The Kier molecular flexibility index (Phi) is 4.56. The number of benzene rings is 1. The van der Waals surface area contributed by atoms with E-state index in [0.29, 0.717) is 23.8 Å². The van der Waals surface area contributed by atoms with Gasteiger partial charge in [-0.2, -0.15) is 0 Å². The zero-order valence-corrected chi connectivity index (χ0v) is 14.5. The summed E-state index contributed by atoms with van der Waals surface area (Å²) in [5, 5.41) is 11.0. The first-order valence-electron chi connectivity index (χ1n) is 8.55. The van der Waals surface area contributed by atoms with Crippen LogP contribution in [0.15, 0.2) is 18.2 Å². The van der Waals surface area contributed by atoms with E-state index in [0.717, 1.165) is 18.4 Å². The molecule has 0 radical (unpaired) electrons. The van der Waals surface area contributed by atoms with E-state index in [1.807, 2.05) is 25.1 Å². The maximum atomic E-state index is 11.0. The van der Waals surface area contributed by atoms with Crippen LogP contribution in [0.1, 0.15) is 51.2 Å². The van der Waals surface area contributed by atoms with Crippen molar-refractivity contribution in [2.45, 2.75) is 57.3 Å². The van der Waals surface area contributed by atoms with Crippen LogP contribution in [0.2, 0.25) is 0 Å². The Morgan fingerprint density at radius 2 is 2.00 bits per heavy atom. The van der Waals surface area contributed by atoms with Gasteiger partial charge >= 0.3 is 0 Å². The first kappa shape index (κ1) is 16.6. The minimum Gasteiger partial charge on any atom is -0.493 e. The number of fused-ring (bicyclic) bond motifs is 1. The van der Waals surface area contributed by atoms with Crippen molar-refractivity contribution in [3.05, 3.63) is 23.8 Å². The molecule has 0 amide bonds. The Morgan fingerprint density at radius 3 is 2.70 bits per heavy atom. The van der Waals surface area contributed by atoms with Gasteiger partial charge in [0.2, 0.25) is 0 Å². The molecule has 0 aromatic heterocycles. The summed E-state index contributed by atoms with van der Waals surface area (Å²) in [4.78, 5) is 0. The third-order valence-corrected chi connectivity index (χ3v) is 5.57. The molecule has 2 aliphatic rings. The number of aliphatic hydroxyl groups is 1. The predicted octanol–water partition coefficient (Wildman–Crippen LogP) is 3.72. The van der Waals surface area contributed by atoms with E-state index in [4.69, 9.17) is 14.2 Å². The summed E-state index contributed by atoms with van der Waals surface area (Å²) >= 11 is 0. The Morgan fingerprint density at radius 1 is 1.22 bits per heavy atom. The lowest BCUT2D eigenvalue weighted by atomic mass is 9.68. The molecule has 3 rings (SSSR count). The first-order chi connectivity index (χ1) is 11.0. The van der Waals surface area contributed by atoms with Gasteiger partial charge in [-0.3, -0.25) is 0 Å². The average molecular weight is 320 g/mol. The molecule has 23 heavy (non-hydrogen) atoms. The second-order valence-electron chi connectivity index (χ2n) is 7.33. The summed E-state index contributed by atoms with van der Waals surface area (Å²) in [7, 11) is 3.28. The van der Waals surface area contributed by atoms with Crippen LogP contribution in [0.25, 0.3) is 0 Å². The number of methoxy groups -OCH3 is 2. The predicted molar refractivity (Wildman–Crippen MR) is 88.9 cm³/mol. The van der Waals surface area contributed by atoms with Crippen LogP contribution < -0.4 is 9.47 Å². The fourth-order valence-corrected chi connectivity index (χ4v) is 4.33. The zero-order chi connectivity index (χ0) is 16.6. The molecular formula is C19H28O4. The maximum absolute atomic E-state index is 11.0. The molecule has 5 atom stereocenters. The Bertz CT molecular complexity index is 554. The van der Waals surface area contributed by atoms with Crippen LogP contribution in [0.5, 0.6) is 11.5 Å². The molecule has 1 aliphatic heterocycles. The molecule has 128 valence electrons. The second kappa shape index (κ2) is 6.33. The van der Waals surface area contributed by atoms with Crippen LogP contribution in [0.4, 0.5) is 0 Å². The van der Waals surface area contributed by atoms with Crippen LogP contribution in [-0.4, -0.2) is 31.0 Å². The van der Waals surface area contributed by atoms with Crippen molar-refractivity contribution in [2.24, 2.45) is 11.8 Å². The third kappa shape index (κ3) is 3.07. The van der Waals surface area contributed by atoms with Crippen LogP contribution in [0, 0.1) is 11.8 Å². The molecule has 1 saturated heterocycles. The van der Waals surface area contributed by atoms with Gasteiger partial charge < -0.3 is 19.3 Å². The molecule has 1 saturated carbocycles. The average Bonchev–Trinajstić information content (AvgIpc) is 2.52. The van der Waals surface area contributed by atoms with E-state index in [1.165, 1.54) is 6.42 Å². The number of ether oxygens (including phenoxy) is 3. The largest absolute Gasteiger partial charge is 0.493 e. The minimum absolute atomic E-state index is 0.114. The van der Waals surface area contributed by atoms with Gasteiger partial charge in [0.15, 0.2) is 11.5 Å². The van der Waals surface area contributed by atoms with Gasteiger partial charge in [0.25, 0.3) is 0 Å². The minimum atomic E-state index is -0.707. The van der Waals surface area contributed by atoms with E-state index in [1.54, 1.807) is 14.2 Å². The molecule has 4 nitrogen and oxygen atoms in total. The molecule has 2 fully saturated rings. The summed E-state index contributed by atoms with van der Waals surface area (Å²) in [6, 6.07) is 5.84. The number of para-hydroxylation sites is 1. The third-order valence-electron chi connectivity index (χ3n) is 5.57. The first-order valence-corrected chi connectivity index (χ1v) is 8.55. The zero-order valence-electron chi connectivity index (χ0n) is 14.5. The maximum Gasteiger partial charge on any atom is 0.166 e. The van der Waals surface area contributed by atoms with Gasteiger partial charge in [-0.25, -0.2) is 0 Å². The SMILES string of the molecule is COc1cccc([C@H]2CC(C)(O)[C@@H]3CC[C@@H](C)C[C@H]3O2)c1OC. The molecule has 1 heterocycles. The highest BCUT2D eigenvalue weighted by atomic mass is 16.5. The van der Waals surface area contributed by atoms with Gasteiger partial charge in [0.05, 0.1) is 32.0 Å². The van der Waals surface area contributed by atoms with Crippen molar-refractivity contribution in [1.29, 1.82) is 0 Å². The fourth-order valence-electron chi connectivity index (χ4n) is 4.33. The van der Waals surface area contributed by atoms with Gasteiger partial charge in [-0.15, -0.1) is 0 Å². The van der Waals surface area contributed by atoms with Crippen molar-refractivity contribution < 1.29 is 19.3 Å². The van der Waals surface area contributed by atoms with E-state index in [2.05, 4.69) is 6.92 Å². The highest BCUT2D eigenvalue weighted by Gasteiger charge is 2.48. The number of hydrogen-bond acceptors (Lipinski definition) is 4. The Hall–Kier alpha value is -1.26. The number of rotatable bonds is 3. The van der Waals surface area contributed by atoms with Crippen molar-refractivity contribution in [3.63, 3.8) is 0 Å². The summed E-state index contributed by atoms with van der Waals surface area (Å²) < 4.78 is 17.4. The van der Waals surface area contributed by atoms with Crippen LogP contribution >= 0.6 is 0 Å². The second-order valence-corrected chi connectivity index (χ2v) is 7.33. The Balaban J connectivity index is 1.92. The summed E-state index contributed by atoms with van der Waals surface area (Å²) in [5.41, 5.74) is 0.255. The van der Waals surface area contributed by atoms with Gasteiger partial charge in [-0.1, -0.05) is 25.5 Å². The standard InChI is InChI=1S/C19H28O4/c1-12-8-9-14-16(10-12)23-17(11-19(14,2)20)13-6-5-7-15(21-3)18(13)22-4/h5-7,12,14,16-17,20H,8-11H2,1-4H3/t12-,14-,16-,17-,19?/m1/s1. The lowest BCUT2D eigenvalue weighted by Gasteiger charge is -2.49.